The molecule has 0 bridgehead atoms. The van der Waals surface area contributed by atoms with Gasteiger partial charge in [0.15, 0.2) is 0 Å². The van der Waals surface area contributed by atoms with E-state index in [-0.39, 0.29) is 11.8 Å². The Morgan fingerprint density at radius 2 is 1.64 bits per heavy atom. The first kappa shape index (κ1) is 23.6. The number of carbonyl (C=O) groups excluding carboxylic acids is 1. The molecule has 3 aromatic rings. The van der Waals surface area contributed by atoms with E-state index in [1.165, 1.54) is 10.5 Å². The van der Waals surface area contributed by atoms with Crippen LogP contribution in [0, 0.1) is 12.8 Å². The smallest absolute Gasteiger partial charge is 0.233 e. The first-order valence-electron chi connectivity index (χ1n) is 11.9. The molecule has 0 saturated carbocycles. The minimum absolute atomic E-state index is 0.175. The normalized spacial score (nSPS) is 20.6. The minimum Gasteiger partial charge on any atom is -0.369 e. The van der Waals surface area contributed by atoms with Gasteiger partial charge in [-0.2, -0.15) is 0 Å². The van der Waals surface area contributed by atoms with Crippen LogP contribution in [-0.4, -0.2) is 42.8 Å². The first-order valence-corrected chi connectivity index (χ1v) is 12.9. The maximum atomic E-state index is 13.3. The van der Waals surface area contributed by atoms with E-state index in [1.807, 2.05) is 48.2 Å². The fourth-order valence-corrected chi connectivity index (χ4v) is 6.56. The van der Waals surface area contributed by atoms with E-state index in [9.17, 15) is 4.79 Å². The fraction of sp³-hybridized carbons (Fsp3) is 0.345. The van der Waals surface area contributed by atoms with Crippen molar-refractivity contribution in [1.29, 1.82) is 0 Å². The second-order valence-electron chi connectivity index (χ2n) is 9.66. The average Bonchev–Trinajstić information content (AvgIpc) is 3.21. The third-order valence-electron chi connectivity index (χ3n) is 7.24. The molecule has 0 aliphatic carbocycles. The Labute approximate surface area is 202 Å². The van der Waals surface area contributed by atoms with Gasteiger partial charge in [-0.05, 0) is 30.2 Å². The number of amides is 1. The lowest BCUT2D eigenvalue weighted by molar-refractivity contribution is -0.899. The van der Waals surface area contributed by atoms with Gasteiger partial charge >= 0.3 is 0 Å². The van der Waals surface area contributed by atoms with Gasteiger partial charge < -0.3 is 10.2 Å². The number of thioether (sulfide) groups is 1. The van der Waals surface area contributed by atoms with Crippen LogP contribution in [0.5, 0.6) is 0 Å². The Balaban J connectivity index is 1.52. The zero-order valence-electron chi connectivity index (χ0n) is 19.7. The molecular formula is C29H35N2OS+. The maximum Gasteiger partial charge on any atom is 0.233 e. The van der Waals surface area contributed by atoms with Gasteiger partial charge in [0.25, 0.3) is 0 Å². The molecule has 1 heterocycles. The molecule has 1 amide bonds. The molecule has 1 aliphatic heterocycles. The molecule has 0 radical (unpaired) electrons. The Hall–Kier alpha value is -2.56. The van der Waals surface area contributed by atoms with Crippen molar-refractivity contribution in [1.82, 2.24) is 0 Å². The Kier molecular flexibility index (Phi) is 7.26. The lowest BCUT2D eigenvalue weighted by Gasteiger charge is -2.38. The monoisotopic (exact) mass is 459 g/mol. The number of likely N-dealkylation sites (tertiary alicyclic amines) is 1. The molecular weight excluding hydrogens is 424 g/mol. The number of aryl methyl sites for hydroxylation is 1. The van der Waals surface area contributed by atoms with Crippen LogP contribution in [0.3, 0.4) is 0 Å². The lowest BCUT2D eigenvalue weighted by atomic mass is 9.64. The van der Waals surface area contributed by atoms with Gasteiger partial charge in [0.05, 0.1) is 26.7 Å². The summed E-state index contributed by atoms with van der Waals surface area (Å²) in [5, 5.41) is 0. The van der Waals surface area contributed by atoms with Crippen molar-refractivity contribution >= 4 is 17.7 Å². The lowest BCUT2D eigenvalue weighted by Crippen LogP contribution is -2.51. The number of quaternary nitrogens is 1. The zero-order chi connectivity index (χ0) is 23.3. The highest BCUT2D eigenvalue weighted by atomic mass is 32.2. The molecule has 3 nitrogen and oxygen atoms in total. The van der Waals surface area contributed by atoms with Crippen molar-refractivity contribution in [3.8, 4) is 0 Å². The van der Waals surface area contributed by atoms with E-state index in [4.69, 9.17) is 5.73 Å². The molecule has 0 aromatic heterocycles. The van der Waals surface area contributed by atoms with Crippen molar-refractivity contribution in [3.63, 3.8) is 0 Å². The summed E-state index contributed by atoms with van der Waals surface area (Å²) in [5.74, 6) is 1.04. The molecule has 2 unspecified atom stereocenters. The highest BCUT2D eigenvalue weighted by molar-refractivity contribution is 7.99. The number of rotatable bonds is 9. The number of benzene rings is 3. The van der Waals surface area contributed by atoms with Gasteiger partial charge in [-0.3, -0.25) is 4.79 Å². The average molecular weight is 460 g/mol. The number of nitrogens with two attached hydrogens (primary N) is 1. The first-order chi connectivity index (χ1) is 15.9. The van der Waals surface area contributed by atoms with E-state index in [1.54, 1.807) is 0 Å². The van der Waals surface area contributed by atoms with Crippen LogP contribution < -0.4 is 5.73 Å². The molecule has 3 aromatic carbocycles. The number of hydrogen-bond acceptors (Lipinski definition) is 2. The molecule has 1 saturated heterocycles. The fourth-order valence-electron chi connectivity index (χ4n) is 5.61. The van der Waals surface area contributed by atoms with Crippen molar-refractivity contribution in [2.45, 2.75) is 30.1 Å². The number of primary amides is 1. The van der Waals surface area contributed by atoms with Crippen molar-refractivity contribution in [3.05, 3.63) is 102 Å². The second-order valence-corrected chi connectivity index (χ2v) is 10.8. The predicted molar refractivity (Wildman–Crippen MR) is 138 cm³/mol. The molecule has 33 heavy (non-hydrogen) atoms. The van der Waals surface area contributed by atoms with E-state index >= 15 is 0 Å². The zero-order valence-corrected chi connectivity index (χ0v) is 20.6. The van der Waals surface area contributed by atoms with Crippen molar-refractivity contribution in [2.24, 2.45) is 11.7 Å². The van der Waals surface area contributed by atoms with Gasteiger partial charge in [-0.15, -0.1) is 11.8 Å². The summed E-state index contributed by atoms with van der Waals surface area (Å²) in [6.45, 7) is 5.30. The topological polar surface area (TPSA) is 43.1 Å². The van der Waals surface area contributed by atoms with Crippen LogP contribution in [0.2, 0.25) is 0 Å². The summed E-state index contributed by atoms with van der Waals surface area (Å²) in [5.41, 5.74) is 8.79. The molecule has 1 aliphatic rings. The summed E-state index contributed by atoms with van der Waals surface area (Å²) < 4.78 is 0.994. The van der Waals surface area contributed by atoms with E-state index in [0.29, 0.717) is 0 Å². The Bertz CT molecular complexity index is 1030. The third-order valence-corrected chi connectivity index (χ3v) is 8.32. The third kappa shape index (κ3) is 5.02. The van der Waals surface area contributed by atoms with Gasteiger partial charge in [0, 0.05) is 29.4 Å². The molecule has 172 valence electrons. The van der Waals surface area contributed by atoms with Gasteiger partial charge in [0.1, 0.15) is 5.41 Å². The van der Waals surface area contributed by atoms with Gasteiger partial charge in [-0.1, -0.05) is 78.4 Å². The maximum absolute atomic E-state index is 13.3. The minimum atomic E-state index is -0.797. The summed E-state index contributed by atoms with van der Waals surface area (Å²) in [6, 6.07) is 29.1. The highest BCUT2D eigenvalue weighted by Gasteiger charge is 2.53. The van der Waals surface area contributed by atoms with Crippen molar-refractivity contribution < 1.29 is 9.28 Å². The number of nitrogens with zero attached hydrogens (tertiary/aromatic N) is 1. The molecule has 4 rings (SSSR count). The summed E-state index contributed by atoms with van der Waals surface area (Å²) in [7, 11) is 2.35. The molecule has 2 N–H and O–H groups in total. The van der Waals surface area contributed by atoms with E-state index < -0.39 is 5.41 Å². The van der Waals surface area contributed by atoms with Crippen LogP contribution >= 0.6 is 11.8 Å². The standard InChI is InChI=1S/C29H34N2OS/c1-23-11-9-16-27(21-23)33-20-10-18-31(2)19-17-26(22-31)29(28(30)32,24-12-5-3-6-13-24)25-14-7-4-8-15-25/h3-9,11-16,21,26H,10,17-20,22H2,1-2H3,(H-,30,32)/p+1. The van der Waals surface area contributed by atoms with Crippen LogP contribution in [0.15, 0.2) is 89.8 Å². The quantitative estimate of drug-likeness (QED) is 0.264. The number of carbonyl (C=O) groups is 1. The predicted octanol–water partition coefficient (Wildman–Crippen LogP) is 5.42. The van der Waals surface area contributed by atoms with Gasteiger partial charge in [-0.25, -0.2) is 0 Å². The summed E-state index contributed by atoms with van der Waals surface area (Å²) in [6.07, 6.45) is 2.15. The van der Waals surface area contributed by atoms with Crippen molar-refractivity contribution in [2.75, 3.05) is 32.4 Å². The van der Waals surface area contributed by atoms with Crippen LogP contribution in [0.25, 0.3) is 0 Å². The molecule has 2 atom stereocenters. The molecule has 0 spiro atoms. The molecule has 4 heteroatoms. The van der Waals surface area contributed by atoms with Crippen LogP contribution in [-0.2, 0) is 10.2 Å². The second kappa shape index (κ2) is 10.1. The Morgan fingerprint density at radius 3 is 2.21 bits per heavy atom. The van der Waals surface area contributed by atoms with Gasteiger partial charge in [0.2, 0.25) is 5.91 Å². The van der Waals surface area contributed by atoms with E-state index in [0.717, 1.165) is 53.8 Å². The van der Waals surface area contributed by atoms with E-state index in [2.05, 4.69) is 62.5 Å². The summed E-state index contributed by atoms with van der Waals surface area (Å²) in [4.78, 5) is 14.6. The van der Waals surface area contributed by atoms with Crippen LogP contribution in [0.4, 0.5) is 0 Å². The van der Waals surface area contributed by atoms with Crippen LogP contribution in [0.1, 0.15) is 29.5 Å². The number of hydrogen-bond donors (Lipinski definition) is 1. The Morgan fingerprint density at radius 1 is 1.00 bits per heavy atom. The molecule has 1 fully saturated rings. The largest absolute Gasteiger partial charge is 0.369 e. The highest BCUT2D eigenvalue weighted by Crippen LogP contribution is 2.45. The summed E-state index contributed by atoms with van der Waals surface area (Å²) >= 11 is 1.94. The SMILES string of the molecule is Cc1cccc(SCCC[N+]2(C)CCC(C(C(N)=O)(c3ccccc3)c3ccccc3)C2)c1.